The maximum atomic E-state index is 10.6. The second-order valence-corrected chi connectivity index (χ2v) is 13.5. The van der Waals surface area contributed by atoms with Crippen LogP contribution in [0.15, 0.2) is 12.3 Å². The molecule has 4 heteroatoms. The quantitative estimate of drug-likeness (QED) is 0.284. The fraction of sp³-hybridized carbons (Fsp3) is 0.939. The van der Waals surface area contributed by atoms with Crippen LogP contribution in [0, 0.1) is 51.2 Å². The lowest BCUT2D eigenvalue weighted by atomic mass is 9.33. The monoisotopic (exact) mass is 522 g/mol. The number of rotatable bonds is 3. The molecule has 0 aliphatic heterocycles. The summed E-state index contributed by atoms with van der Waals surface area (Å²) in [5.74, 6) is 4.83. The van der Waals surface area contributed by atoms with Crippen molar-refractivity contribution >= 4 is 0 Å². The van der Waals surface area contributed by atoms with E-state index in [2.05, 4.69) is 34.3 Å². The lowest BCUT2D eigenvalue weighted by Gasteiger charge is -2.71. The van der Waals surface area contributed by atoms with Crippen molar-refractivity contribution in [2.75, 3.05) is 20.3 Å². The fourth-order valence-electron chi connectivity index (χ4n) is 10.8. The third kappa shape index (κ3) is 5.30. The Kier molecular flexibility index (Phi) is 11.6. The van der Waals surface area contributed by atoms with Crippen LogP contribution < -0.4 is 0 Å². The van der Waals surface area contributed by atoms with E-state index in [1.54, 1.807) is 0 Å². The molecule has 218 valence electrons. The van der Waals surface area contributed by atoms with Gasteiger partial charge in [0.2, 0.25) is 0 Å². The first kappa shape index (κ1) is 32.6. The van der Waals surface area contributed by atoms with Crippen molar-refractivity contribution in [2.24, 2.45) is 51.2 Å². The summed E-state index contributed by atoms with van der Waals surface area (Å²) in [7, 11) is 1.00. The highest BCUT2D eigenvalue weighted by atomic mass is 16.3. The normalized spacial score (nSPS) is 45.5. The average Bonchev–Trinajstić information content (AvgIpc) is 3.33. The predicted octanol–water partition coefficient (Wildman–Crippen LogP) is 7.91. The van der Waals surface area contributed by atoms with Gasteiger partial charge in [0.25, 0.3) is 0 Å². The van der Waals surface area contributed by atoms with Crippen LogP contribution in [0.2, 0.25) is 0 Å². The molecule has 0 heterocycles. The van der Waals surface area contributed by atoms with Crippen molar-refractivity contribution in [1.82, 2.24) is 0 Å². The maximum absolute atomic E-state index is 10.6. The molecule has 5 saturated carbocycles. The minimum atomic E-state index is 0.0633. The minimum absolute atomic E-state index is 0.0633. The molecule has 5 aliphatic rings. The molecule has 4 N–H and O–H groups in total. The highest BCUT2D eigenvalue weighted by Crippen LogP contribution is 2.76. The van der Waals surface area contributed by atoms with Gasteiger partial charge in [-0.05, 0) is 110 Å². The number of allylic oxidation sites excluding steroid dienone is 1. The van der Waals surface area contributed by atoms with Gasteiger partial charge < -0.3 is 20.4 Å². The number of hydrogen-bond donors (Lipinski definition) is 4. The molecule has 4 nitrogen and oxygen atoms in total. The van der Waals surface area contributed by atoms with Crippen molar-refractivity contribution in [3.8, 4) is 0 Å². The van der Waals surface area contributed by atoms with Gasteiger partial charge in [-0.15, -0.1) is 0 Å². The molecule has 0 amide bonds. The molecule has 5 fully saturated rings. The van der Waals surface area contributed by atoms with E-state index in [0.29, 0.717) is 34.3 Å². The zero-order valence-corrected chi connectivity index (χ0v) is 25.5. The molecular formula is C33H62O4. The zero-order chi connectivity index (χ0) is 28.1. The standard InChI is InChI=1S/C27H44O.C3H8O2.C2H6.CH4O/c1-18-8-6-13-24(3)20(18)12-15-26(5)23(24)11-10-21-22-9-7-14-27(22,19(2)28)17-16-25(21,26)4;4-2-1-3-5;2*1-2/h18,20-23,28H,2,6-17H2,1,3-5H3;4-5H,1-3H2;1-2H3;2H,1H3/t18?,20?,21?,22?,23?,24?,25-,26?,27?;;;/m1.../s1. The second-order valence-electron chi connectivity index (χ2n) is 13.5. The van der Waals surface area contributed by atoms with Crippen molar-refractivity contribution in [1.29, 1.82) is 0 Å². The Labute approximate surface area is 229 Å². The van der Waals surface area contributed by atoms with E-state index >= 15 is 0 Å². The molecule has 5 aliphatic carbocycles. The molecule has 0 aromatic rings. The topological polar surface area (TPSA) is 80.9 Å². The Bertz CT molecular complexity index is 721. The Morgan fingerprint density at radius 3 is 1.92 bits per heavy atom. The number of aliphatic hydroxyl groups is 4. The van der Waals surface area contributed by atoms with Crippen LogP contribution in [0.4, 0.5) is 0 Å². The third-order valence-electron chi connectivity index (χ3n) is 12.7. The van der Waals surface area contributed by atoms with Gasteiger partial charge >= 0.3 is 0 Å². The van der Waals surface area contributed by atoms with Crippen LogP contribution in [-0.2, 0) is 0 Å². The Morgan fingerprint density at radius 1 is 0.730 bits per heavy atom. The molecule has 37 heavy (non-hydrogen) atoms. The van der Waals surface area contributed by atoms with E-state index in [-0.39, 0.29) is 18.6 Å². The molecule has 0 spiro atoms. The summed E-state index contributed by atoms with van der Waals surface area (Å²) < 4.78 is 0. The molecule has 0 bridgehead atoms. The first-order valence-corrected chi connectivity index (χ1v) is 15.7. The molecule has 0 aromatic carbocycles. The SMILES string of the molecule is C=C(O)C12CCCC1C1CCC3C4(C)CCCC(C)C4CCC3(C)[C@]1(C)CC2.CC.CO.OCCCO. The van der Waals surface area contributed by atoms with Gasteiger partial charge in [0.1, 0.15) is 0 Å². The predicted molar refractivity (Wildman–Crippen MR) is 155 cm³/mol. The Morgan fingerprint density at radius 2 is 1.35 bits per heavy atom. The van der Waals surface area contributed by atoms with Gasteiger partial charge in [0.15, 0.2) is 0 Å². The van der Waals surface area contributed by atoms with Crippen molar-refractivity contribution in [3.05, 3.63) is 12.3 Å². The summed E-state index contributed by atoms with van der Waals surface area (Å²) in [6, 6.07) is 0. The van der Waals surface area contributed by atoms with Gasteiger partial charge in [0.05, 0.1) is 5.76 Å². The first-order chi connectivity index (χ1) is 17.6. The zero-order valence-electron chi connectivity index (χ0n) is 25.5. The van der Waals surface area contributed by atoms with Crippen molar-refractivity contribution in [3.63, 3.8) is 0 Å². The molecule has 9 atom stereocenters. The number of hydrogen-bond acceptors (Lipinski definition) is 4. The summed E-state index contributed by atoms with van der Waals surface area (Å²) >= 11 is 0. The number of fused-ring (bicyclic) bond motifs is 7. The van der Waals surface area contributed by atoms with Gasteiger partial charge in [-0.1, -0.05) is 67.4 Å². The summed E-state index contributed by atoms with van der Waals surface area (Å²) in [5, 5.41) is 33.5. The Hall–Kier alpha value is -0.580. The van der Waals surface area contributed by atoms with Crippen LogP contribution in [-0.4, -0.2) is 40.7 Å². The van der Waals surface area contributed by atoms with Gasteiger partial charge in [-0.25, -0.2) is 0 Å². The molecule has 5 rings (SSSR count). The van der Waals surface area contributed by atoms with Crippen molar-refractivity contribution < 1.29 is 20.4 Å². The van der Waals surface area contributed by atoms with Crippen LogP contribution >= 0.6 is 0 Å². The average molecular weight is 523 g/mol. The molecule has 0 aromatic heterocycles. The highest BCUT2D eigenvalue weighted by Gasteiger charge is 2.68. The molecule has 0 saturated heterocycles. The smallest absolute Gasteiger partial charge is 0.0915 e. The lowest BCUT2D eigenvalue weighted by molar-refractivity contribution is -0.224. The van der Waals surface area contributed by atoms with E-state index < -0.39 is 0 Å². The first-order valence-electron chi connectivity index (χ1n) is 15.7. The molecule has 0 radical (unpaired) electrons. The maximum Gasteiger partial charge on any atom is 0.0915 e. The Balaban J connectivity index is 0.000000473. The highest BCUT2D eigenvalue weighted by molar-refractivity contribution is 5.21. The minimum Gasteiger partial charge on any atom is -0.512 e. The lowest BCUT2D eigenvalue weighted by Crippen LogP contribution is -2.64. The van der Waals surface area contributed by atoms with Crippen LogP contribution in [0.3, 0.4) is 0 Å². The second kappa shape index (κ2) is 13.2. The van der Waals surface area contributed by atoms with Crippen molar-refractivity contribution in [2.45, 2.75) is 125 Å². The van der Waals surface area contributed by atoms with E-state index in [0.717, 1.165) is 30.8 Å². The van der Waals surface area contributed by atoms with Crippen LogP contribution in [0.5, 0.6) is 0 Å². The fourth-order valence-corrected chi connectivity index (χ4v) is 10.8. The summed E-state index contributed by atoms with van der Waals surface area (Å²) in [6.07, 6.45) is 17.0. The van der Waals surface area contributed by atoms with Crippen LogP contribution in [0.1, 0.15) is 125 Å². The third-order valence-corrected chi connectivity index (χ3v) is 12.7. The van der Waals surface area contributed by atoms with Gasteiger partial charge in [-0.2, -0.15) is 0 Å². The molecular weight excluding hydrogens is 460 g/mol. The van der Waals surface area contributed by atoms with E-state index in [1.807, 2.05) is 13.8 Å². The summed E-state index contributed by atoms with van der Waals surface area (Å²) in [6.45, 7) is 19.0. The molecule has 8 unspecified atom stereocenters. The van der Waals surface area contributed by atoms with Gasteiger partial charge in [0, 0.05) is 25.7 Å². The summed E-state index contributed by atoms with van der Waals surface area (Å²) in [4.78, 5) is 0. The van der Waals surface area contributed by atoms with E-state index in [9.17, 15) is 5.11 Å². The number of aliphatic hydroxyl groups excluding tert-OH is 4. The van der Waals surface area contributed by atoms with Crippen LogP contribution in [0.25, 0.3) is 0 Å². The van der Waals surface area contributed by atoms with Gasteiger partial charge in [-0.3, -0.25) is 0 Å². The van der Waals surface area contributed by atoms with E-state index in [4.69, 9.17) is 15.3 Å². The van der Waals surface area contributed by atoms with E-state index in [1.165, 1.54) is 77.0 Å². The largest absolute Gasteiger partial charge is 0.512 e. The summed E-state index contributed by atoms with van der Waals surface area (Å²) in [5.41, 5.74) is 1.58.